The molecule has 2 fully saturated rings. The zero-order valence-electron chi connectivity index (χ0n) is 22.1. The van der Waals surface area contributed by atoms with Crippen molar-refractivity contribution in [3.63, 3.8) is 0 Å². The Morgan fingerprint density at radius 1 is 0.312 bits per heavy atom. The molecule has 0 aromatic carbocycles. The Balaban J connectivity index is 1.22. The van der Waals surface area contributed by atoms with E-state index in [1.165, 1.54) is 154 Å². The molecule has 0 radical (unpaired) electrons. The topological polar surface area (TPSA) is 25.1 Å². The van der Waals surface area contributed by atoms with Crippen LogP contribution in [-0.2, 0) is 9.47 Å². The first-order valence-electron chi connectivity index (χ1n) is 15.2. The molecule has 0 N–H and O–H groups in total. The van der Waals surface area contributed by atoms with Crippen LogP contribution in [0.3, 0.4) is 0 Å². The summed E-state index contributed by atoms with van der Waals surface area (Å²) in [5.41, 5.74) is 0. The Kier molecular flexibility index (Phi) is 16.9. The molecule has 2 nitrogen and oxygen atoms in total. The van der Waals surface area contributed by atoms with Gasteiger partial charge < -0.3 is 9.47 Å². The van der Waals surface area contributed by atoms with Gasteiger partial charge in [0, 0.05) is 0 Å². The Bertz CT molecular complexity index is 410. The summed E-state index contributed by atoms with van der Waals surface area (Å²) in [6, 6.07) is 0. The van der Waals surface area contributed by atoms with E-state index in [4.69, 9.17) is 9.47 Å². The normalized spacial score (nSPS) is 24.2. The molecule has 2 aliphatic rings. The molecule has 0 aliphatic carbocycles. The SMILES string of the molecule is CCCCCCCCCCC1OC1CCCCCCCCCCC1OC1CCCCCC. The number of hydrogen-bond donors (Lipinski definition) is 0. The van der Waals surface area contributed by atoms with Gasteiger partial charge in [0.1, 0.15) is 0 Å². The highest BCUT2D eigenvalue weighted by Gasteiger charge is 2.37. The number of rotatable bonds is 25. The maximum absolute atomic E-state index is 5.90. The molecule has 0 aromatic rings. The molecule has 32 heavy (non-hydrogen) atoms. The highest BCUT2D eigenvalue weighted by molar-refractivity contribution is 4.85. The quantitative estimate of drug-likeness (QED) is 0.102. The summed E-state index contributed by atoms with van der Waals surface area (Å²) in [5, 5.41) is 0. The van der Waals surface area contributed by atoms with Crippen LogP contribution in [0.5, 0.6) is 0 Å². The summed E-state index contributed by atoms with van der Waals surface area (Å²) >= 11 is 0. The van der Waals surface area contributed by atoms with Crippen LogP contribution in [0.4, 0.5) is 0 Å². The third-order valence-electron chi connectivity index (χ3n) is 7.79. The van der Waals surface area contributed by atoms with Crippen molar-refractivity contribution in [2.75, 3.05) is 0 Å². The van der Waals surface area contributed by atoms with Gasteiger partial charge >= 0.3 is 0 Å². The lowest BCUT2D eigenvalue weighted by Gasteiger charge is -2.02. The van der Waals surface area contributed by atoms with E-state index in [1.54, 1.807) is 0 Å². The molecule has 2 heterocycles. The van der Waals surface area contributed by atoms with Gasteiger partial charge in [-0.25, -0.2) is 0 Å². The fraction of sp³-hybridized carbons (Fsp3) is 1.00. The number of unbranched alkanes of at least 4 members (excludes halogenated alkanes) is 17. The molecule has 2 rings (SSSR count). The van der Waals surface area contributed by atoms with Gasteiger partial charge in [-0.15, -0.1) is 0 Å². The standard InChI is InChI=1S/C30H58O2/c1-3-5-7-9-10-13-16-20-25-29-30(32-29)26-22-18-15-12-11-14-17-21-24-28-27(31-28)23-19-8-6-4-2/h27-30H,3-26H2,1-2H3. The Labute approximate surface area is 202 Å². The van der Waals surface area contributed by atoms with Crippen molar-refractivity contribution in [1.82, 2.24) is 0 Å². The van der Waals surface area contributed by atoms with E-state index in [0.29, 0.717) is 24.4 Å². The van der Waals surface area contributed by atoms with E-state index in [1.807, 2.05) is 0 Å². The van der Waals surface area contributed by atoms with Crippen molar-refractivity contribution >= 4 is 0 Å². The van der Waals surface area contributed by atoms with E-state index in [-0.39, 0.29) is 0 Å². The summed E-state index contributed by atoms with van der Waals surface area (Å²) in [5.74, 6) is 0. The second kappa shape index (κ2) is 19.2. The first-order valence-corrected chi connectivity index (χ1v) is 15.2. The minimum Gasteiger partial charge on any atom is -0.370 e. The molecule has 0 saturated carbocycles. The van der Waals surface area contributed by atoms with Gasteiger partial charge in [-0.05, 0) is 25.7 Å². The van der Waals surface area contributed by atoms with Crippen LogP contribution >= 0.6 is 0 Å². The first kappa shape index (κ1) is 28.2. The lowest BCUT2D eigenvalue weighted by Crippen LogP contribution is -1.95. The van der Waals surface area contributed by atoms with Crippen molar-refractivity contribution in [3.05, 3.63) is 0 Å². The average molecular weight is 451 g/mol. The molecule has 0 bridgehead atoms. The molecular formula is C30H58O2. The Morgan fingerprint density at radius 3 is 0.812 bits per heavy atom. The van der Waals surface area contributed by atoms with Crippen LogP contribution in [0, 0.1) is 0 Å². The predicted octanol–water partition coefficient (Wildman–Crippen LogP) is 9.92. The predicted molar refractivity (Wildman–Crippen MR) is 139 cm³/mol. The van der Waals surface area contributed by atoms with Crippen molar-refractivity contribution in [1.29, 1.82) is 0 Å². The highest BCUT2D eigenvalue weighted by atomic mass is 16.6. The van der Waals surface area contributed by atoms with Crippen LogP contribution in [0.2, 0.25) is 0 Å². The molecule has 4 unspecified atom stereocenters. The second-order valence-electron chi connectivity index (χ2n) is 10.9. The number of ether oxygens (including phenoxy) is 2. The van der Waals surface area contributed by atoms with Crippen molar-refractivity contribution < 1.29 is 9.47 Å². The molecule has 2 saturated heterocycles. The van der Waals surface area contributed by atoms with Crippen molar-refractivity contribution in [3.8, 4) is 0 Å². The molecular weight excluding hydrogens is 392 g/mol. The largest absolute Gasteiger partial charge is 0.370 e. The highest BCUT2D eigenvalue weighted by Crippen LogP contribution is 2.33. The molecule has 0 amide bonds. The van der Waals surface area contributed by atoms with Crippen LogP contribution in [0.15, 0.2) is 0 Å². The lowest BCUT2D eigenvalue weighted by atomic mass is 10.0. The maximum Gasteiger partial charge on any atom is 0.0841 e. The summed E-state index contributed by atoms with van der Waals surface area (Å²) in [6.45, 7) is 4.58. The third-order valence-corrected chi connectivity index (χ3v) is 7.79. The minimum atomic E-state index is 0.625. The maximum atomic E-state index is 5.90. The Hall–Kier alpha value is -0.0800. The fourth-order valence-corrected chi connectivity index (χ4v) is 5.38. The molecule has 190 valence electrons. The van der Waals surface area contributed by atoms with Crippen LogP contribution < -0.4 is 0 Å². The van der Waals surface area contributed by atoms with Gasteiger partial charge in [-0.1, -0.05) is 142 Å². The van der Waals surface area contributed by atoms with Gasteiger partial charge in [-0.3, -0.25) is 0 Å². The van der Waals surface area contributed by atoms with E-state index >= 15 is 0 Å². The summed E-state index contributed by atoms with van der Waals surface area (Å²) in [7, 11) is 0. The number of epoxide rings is 2. The summed E-state index contributed by atoms with van der Waals surface area (Å²) < 4.78 is 11.7. The lowest BCUT2D eigenvalue weighted by molar-refractivity contribution is 0.346. The zero-order chi connectivity index (χ0) is 22.7. The molecule has 2 aliphatic heterocycles. The molecule has 2 heteroatoms. The monoisotopic (exact) mass is 450 g/mol. The summed E-state index contributed by atoms with van der Waals surface area (Å²) in [6.07, 6.45) is 36.0. The van der Waals surface area contributed by atoms with Crippen molar-refractivity contribution in [2.45, 2.75) is 192 Å². The smallest absolute Gasteiger partial charge is 0.0841 e. The summed E-state index contributed by atoms with van der Waals surface area (Å²) in [4.78, 5) is 0. The van der Waals surface area contributed by atoms with Crippen LogP contribution in [-0.4, -0.2) is 24.4 Å². The second-order valence-corrected chi connectivity index (χ2v) is 10.9. The zero-order valence-corrected chi connectivity index (χ0v) is 22.1. The Morgan fingerprint density at radius 2 is 0.531 bits per heavy atom. The number of hydrogen-bond acceptors (Lipinski definition) is 2. The van der Waals surface area contributed by atoms with Crippen LogP contribution in [0.1, 0.15) is 168 Å². The fourth-order valence-electron chi connectivity index (χ4n) is 5.38. The molecule has 4 atom stereocenters. The van der Waals surface area contributed by atoms with Crippen LogP contribution in [0.25, 0.3) is 0 Å². The average Bonchev–Trinajstić information content (AvgIpc) is 3.72. The van der Waals surface area contributed by atoms with E-state index in [0.717, 1.165) is 0 Å². The van der Waals surface area contributed by atoms with Gasteiger partial charge in [0.25, 0.3) is 0 Å². The van der Waals surface area contributed by atoms with Gasteiger partial charge in [0.15, 0.2) is 0 Å². The van der Waals surface area contributed by atoms with E-state index < -0.39 is 0 Å². The minimum absolute atomic E-state index is 0.625. The molecule has 0 spiro atoms. The molecule has 0 aromatic heterocycles. The first-order chi connectivity index (χ1) is 15.8. The van der Waals surface area contributed by atoms with E-state index in [9.17, 15) is 0 Å². The van der Waals surface area contributed by atoms with Crippen molar-refractivity contribution in [2.24, 2.45) is 0 Å². The van der Waals surface area contributed by atoms with Gasteiger partial charge in [-0.2, -0.15) is 0 Å². The van der Waals surface area contributed by atoms with Gasteiger partial charge in [0.05, 0.1) is 24.4 Å². The van der Waals surface area contributed by atoms with Gasteiger partial charge in [0.2, 0.25) is 0 Å². The third kappa shape index (κ3) is 14.9. The van der Waals surface area contributed by atoms with E-state index in [2.05, 4.69) is 13.8 Å².